The van der Waals surface area contributed by atoms with Crippen molar-refractivity contribution < 1.29 is 22.7 Å². The van der Waals surface area contributed by atoms with Gasteiger partial charge < -0.3 is 4.74 Å². The Morgan fingerprint density at radius 2 is 1.68 bits per heavy atom. The molecule has 2 aromatic rings. The number of benzene rings is 2. The third kappa shape index (κ3) is 4.33. The molecule has 0 spiro atoms. The summed E-state index contributed by atoms with van der Waals surface area (Å²) in [5.41, 5.74) is -0.548. The fourth-order valence-electron chi connectivity index (χ4n) is 3.59. The molecule has 2 amide bonds. The Morgan fingerprint density at radius 1 is 1.10 bits per heavy atom. The lowest BCUT2D eigenvalue weighted by Crippen LogP contribution is -2.55. The van der Waals surface area contributed by atoms with E-state index in [1.54, 1.807) is 50.2 Å². The third-order valence-corrected chi connectivity index (χ3v) is 7.96. The van der Waals surface area contributed by atoms with Gasteiger partial charge in [-0.15, -0.1) is 0 Å². The highest BCUT2D eigenvalue weighted by atomic mass is 35.5. The number of imide groups is 1. The molecule has 9 heteroatoms. The second-order valence-electron chi connectivity index (χ2n) is 7.91. The van der Waals surface area contributed by atoms with E-state index in [-0.39, 0.29) is 11.3 Å². The first-order chi connectivity index (χ1) is 14.5. The summed E-state index contributed by atoms with van der Waals surface area (Å²) in [6.45, 7) is 5.34. The molecule has 1 aliphatic rings. The Morgan fingerprint density at radius 3 is 2.19 bits per heavy atom. The standard InChI is InChI=1S/C22H25ClN2O5S/c1-5-22(2,3)25(31(28,29)18-12-10-17(30-4)11-13-18)19-14-20(26)24(21(19)27)16-8-6-15(23)7-9-16/h6-13,19H,5,14H2,1-4H3. The Bertz CT molecular complexity index is 1080. The van der Waals surface area contributed by atoms with Crippen LogP contribution in [-0.4, -0.2) is 43.2 Å². The van der Waals surface area contributed by atoms with E-state index in [1.807, 2.05) is 6.92 Å². The van der Waals surface area contributed by atoms with Crippen LogP contribution in [0.4, 0.5) is 5.69 Å². The van der Waals surface area contributed by atoms with E-state index < -0.39 is 33.4 Å². The maximum absolute atomic E-state index is 13.7. The summed E-state index contributed by atoms with van der Waals surface area (Å²) in [6, 6.07) is 11.1. The molecule has 166 valence electrons. The number of halogens is 1. The number of hydrogen-bond donors (Lipinski definition) is 0. The molecule has 0 aliphatic carbocycles. The highest BCUT2D eigenvalue weighted by Crippen LogP contribution is 2.36. The third-order valence-electron chi connectivity index (χ3n) is 5.57. The van der Waals surface area contributed by atoms with Gasteiger partial charge in [-0.3, -0.25) is 9.59 Å². The van der Waals surface area contributed by atoms with E-state index in [1.165, 1.54) is 23.5 Å². The van der Waals surface area contributed by atoms with Crippen LogP contribution in [0.25, 0.3) is 0 Å². The topological polar surface area (TPSA) is 84.0 Å². The lowest BCUT2D eigenvalue weighted by Gasteiger charge is -2.39. The van der Waals surface area contributed by atoms with Gasteiger partial charge in [0.2, 0.25) is 15.9 Å². The second kappa shape index (κ2) is 8.61. The molecule has 0 N–H and O–H groups in total. The molecule has 7 nitrogen and oxygen atoms in total. The molecule has 0 aromatic heterocycles. The lowest BCUT2D eigenvalue weighted by atomic mass is 10.00. The molecular formula is C22H25ClN2O5S. The van der Waals surface area contributed by atoms with E-state index >= 15 is 0 Å². The molecule has 2 aromatic carbocycles. The van der Waals surface area contributed by atoms with E-state index in [0.717, 1.165) is 4.90 Å². The van der Waals surface area contributed by atoms with Crippen molar-refractivity contribution in [1.82, 2.24) is 4.31 Å². The molecule has 1 fully saturated rings. The lowest BCUT2D eigenvalue weighted by molar-refractivity contribution is -0.122. The van der Waals surface area contributed by atoms with Crippen molar-refractivity contribution in [3.8, 4) is 5.75 Å². The molecule has 1 aliphatic heterocycles. The zero-order chi connectivity index (χ0) is 23.0. The molecule has 0 bridgehead atoms. The SMILES string of the molecule is CCC(C)(C)N(C1CC(=O)N(c2ccc(Cl)cc2)C1=O)S(=O)(=O)c1ccc(OC)cc1. The minimum Gasteiger partial charge on any atom is -0.497 e. The number of amides is 2. The number of carbonyl (C=O) groups excluding carboxylic acids is 2. The Kier molecular flexibility index (Phi) is 6.45. The molecule has 1 heterocycles. The fraction of sp³-hybridized carbons (Fsp3) is 0.364. The summed E-state index contributed by atoms with van der Waals surface area (Å²) in [5, 5.41) is 0.468. The van der Waals surface area contributed by atoms with Crippen LogP contribution in [-0.2, 0) is 19.6 Å². The van der Waals surface area contributed by atoms with Crippen molar-refractivity contribution in [2.45, 2.75) is 50.1 Å². The van der Waals surface area contributed by atoms with Crippen LogP contribution in [0.3, 0.4) is 0 Å². The van der Waals surface area contributed by atoms with Crippen molar-refractivity contribution in [1.29, 1.82) is 0 Å². The van der Waals surface area contributed by atoms with E-state index in [9.17, 15) is 18.0 Å². The molecule has 1 unspecified atom stereocenters. The van der Waals surface area contributed by atoms with Gasteiger partial charge in [0.05, 0.1) is 24.1 Å². The Labute approximate surface area is 187 Å². The first-order valence-corrected chi connectivity index (χ1v) is 11.7. The van der Waals surface area contributed by atoms with Gasteiger partial charge in [0, 0.05) is 10.6 Å². The predicted octanol–water partition coefficient (Wildman–Crippen LogP) is 3.86. The average Bonchev–Trinajstić information content (AvgIpc) is 3.02. The molecule has 1 saturated heterocycles. The van der Waals surface area contributed by atoms with Gasteiger partial charge in [-0.2, -0.15) is 4.31 Å². The van der Waals surface area contributed by atoms with E-state index in [0.29, 0.717) is 22.9 Å². The number of methoxy groups -OCH3 is 1. The first-order valence-electron chi connectivity index (χ1n) is 9.84. The van der Waals surface area contributed by atoms with Crippen LogP contribution >= 0.6 is 11.6 Å². The van der Waals surface area contributed by atoms with Gasteiger partial charge in [0.1, 0.15) is 11.8 Å². The van der Waals surface area contributed by atoms with Crippen molar-refractivity contribution in [2.75, 3.05) is 12.0 Å². The van der Waals surface area contributed by atoms with Gasteiger partial charge in [-0.05, 0) is 68.8 Å². The minimum absolute atomic E-state index is 0.0278. The monoisotopic (exact) mass is 464 g/mol. The van der Waals surface area contributed by atoms with Crippen molar-refractivity contribution >= 4 is 39.1 Å². The summed E-state index contributed by atoms with van der Waals surface area (Å²) in [6.07, 6.45) is 0.210. The van der Waals surface area contributed by atoms with Crippen LogP contribution < -0.4 is 9.64 Å². The van der Waals surface area contributed by atoms with Crippen molar-refractivity contribution in [3.05, 3.63) is 53.6 Å². The smallest absolute Gasteiger partial charge is 0.252 e. The summed E-state index contributed by atoms with van der Waals surface area (Å²) in [5.74, 6) is -0.522. The molecule has 3 rings (SSSR count). The summed E-state index contributed by atoms with van der Waals surface area (Å²) in [7, 11) is -2.60. The highest BCUT2D eigenvalue weighted by Gasteiger charge is 2.51. The highest BCUT2D eigenvalue weighted by molar-refractivity contribution is 7.89. The predicted molar refractivity (Wildman–Crippen MR) is 119 cm³/mol. The van der Waals surface area contributed by atoms with E-state index in [4.69, 9.17) is 16.3 Å². The van der Waals surface area contributed by atoms with Crippen LogP contribution in [0.5, 0.6) is 5.75 Å². The number of ether oxygens (including phenoxy) is 1. The molecule has 0 saturated carbocycles. The number of nitrogens with zero attached hydrogens (tertiary/aromatic N) is 2. The van der Waals surface area contributed by atoms with Crippen LogP contribution in [0, 0.1) is 0 Å². The minimum atomic E-state index is -4.09. The number of sulfonamides is 1. The van der Waals surface area contributed by atoms with Gasteiger partial charge in [0.15, 0.2) is 0 Å². The first kappa shape index (κ1) is 23.2. The van der Waals surface area contributed by atoms with Gasteiger partial charge in [0.25, 0.3) is 5.91 Å². The summed E-state index contributed by atoms with van der Waals surface area (Å²) >= 11 is 5.91. The number of rotatable bonds is 7. The normalized spacial score (nSPS) is 17.5. The maximum atomic E-state index is 13.7. The number of hydrogen-bond acceptors (Lipinski definition) is 5. The van der Waals surface area contributed by atoms with Crippen LogP contribution in [0.1, 0.15) is 33.6 Å². The summed E-state index contributed by atoms with van der Waals surface area (Å²) < 4.78 is 33.6. The molecule has 31 heavy (non-hydrogen) atoms. The van der Waals surface area contributed by atoms with Crippen LogP contribution in [0.15, 0.2) is 53.4 Å². The fourth-order valence-corrected chi connectivity index (χ4v) is 5.70. The number of carbonyl (C=O) groups is 2. The van der Waals surface area contributed by atoms with E-state index in [2.05, 4.69) is 0 Å². The van der Waals surface area contributed by atoms with Gasteiger partial charge >= 0.3 is 0 Å². The Balaban J connectivity index is 2.06. The zero-order valence-electron chi connectivity index (χ0n) is 17.8. The molecule has 1 atom stereocenters. The van der Waals surface area contributed by atoms with Crippen molar-refractivity contribution in [3.63, 3.8) is 0 Å². The quantitative estimate of drug-likeness (QED) is 0.581. The van der Waals surface area contributed by atoms with Crippen molar-refractivity contribution in [2.24, 2.45) is 0 Å². The zero-order valence-corrected chi connectivity index (χ0v) is 19.4. The van der Waals surface area contributed by atoms with Crippen LogP contribution in [0.2, 0.25) is 5.02 Å². The van der Waals surface area contributed by atoms with Gasteiger partial charge in [-0.1, -0.05) is 18.5 Å². The molecule has 0 radical (unpaired) electrons. The average molecular weight is 465 g/mol. The maximum Gasteiger partial charge on any atom is 0.252 e. The van der Waals surface area contributed by atoms with Gasteiger partial charge in [-0.25, -0.2) is 13.3 Å². The molecular weight excluding hydrogens is 440 g/mol. The largest absolute Gasteiger partial charge is 0.497 e. The summed E-state index contributed by atoms with van der Waals surface area (Å²) in [4.78, 5) is 27.2. The second-order valence-corrected chi connectivity index (χ2v) is 10.2. The Hall–Kier alpha value is -2.42. The number of anilines is 1.